The quantitative estimate of drug-likeness (QED) is 0.631. The highest BCUT2D eigenvalue weighted by molar-refractivity contribution is 7.10. The lowest BCUT2D eigenvalue weighted by Gasteiger charge is -2.04. The molecule has 0 spiro atoms. The number of unbranched alkanes of at least 4 members (excludes halogenated alkanes) is 4. The van der Waals surface area contributed by atoms with Crippen LogP contribution in [-0.4, -0.2) is 6.54 Å². The summed E-state index contributed by atoms with van der Waals surface area (Å²) >= 11 is 1.88. The van der Waals surface area contributed by atoms with E-state index in [0.717, 1.165) is 13.0 Å². The summed E-state index contributed by atoms with van der Waals surface area (Å²) in [4.78, 5) is 1.52. The van der Waals surface area contributed by atoms with Crippen LogP contribution in [0.5, 0.6) is 0 Å². The van der Waals surface area contributed by atoms with Crippen molar-refractivity contribution in [3.8, 4) is 0 Å². The molecule has 0 saturated heterocycles. The number of thiophene rings is 1. The lowest BCUT2D eigenvalue weighted by molar-refractivity contribution is 0.584. The lowest BCUT2D eigenvalue weighted by atomic mass is 10.1. The molecule has 0 amide bonds. The average Bonchev–Trinajstić information content (AvgIpc) is 2.75. The highest BCUT2D eigenvalue weighted by Crippen LogP contribution is 2.16. The molecule has 1 rings (SSSR count). The van der Waals surface area contributed by atoms with Crippen LogP contribution in [0.3, 0.4) is 0 Å². The predicted octanol–water partition coefficient (Wildman–Crippen LogP) is 4.37. The number of rotatable bonds is 9. The molecular weight excluding hydrogens is 214 g/mol. The van der Waals surface area contributed by atoms with Crippen LogP contribution in [0, 0.1) is 0 Å². The van der Waals surface area contributed by atoms with E-state index < -0.39 is 0 Å². The Morgan fingerprint density at radius 2 is 1.94 bits per heavy atom. The molecule has 1 N–H and O–H groups in total. The van der Waals surface area contributed by atoms with Crippen LogP contribution in [0.1, 0.15) is 56.4 Å². The van der Waals surface area contributed by atoms with E-state index in [1.54, 1.807) is 0 Å². The van der Waals surface area contributed by atoms with Crippen molar-refractivity contribution < 1.29 is 0 Å². The first-order valence-electron chi connectivity index (χ1n) is 6.64. The molecule has 0 saturated carbocycles. The Morgan fingerprint density at radius 3 is 2.69 bits per heavy atom. The molecule has 0 bridgehead atoms. The van der Waals surface area contributed by atoms with E-state index in [4.69, 9.17) is 0 Å². The van der Waals surface area contributed by atoms with Gasteiger partial charge in [-0.1, -0.05) is 39.5 Å². The molecule has 92 valence electrons. The zero-order valence-electron chi connectivity index (χ0n) is 10.7. The van der Waals surface area contributed by atoms with Gasteiger partial charge in [-0.05, 0) is 36.4 Å². The highest BCUT2D eigenvalue weighted by Gasteiger charge is 2.00. The van der Waals surface area contributed by atoms with Crippen LogP contribution < -0.4 is 5.32 Å². The van der Waals surface area contributed by atoms with Gasteiger partial charge >= 0.3 is 0 Å². The minimum atomic E-state index is 1.06. The van der Waals surface area contributed by atoms with Crippen LogP contribution in [0.25, 0.3) is 0 Å². The second kappa shape index (κ2) is 8.77. The van der Waals surface area contributed by atoms with Crippen molar-refractivity contribution in [3.05, 3.63) is 21.9 Å². The SMILES string of the molecule is CCCCCCCNCc1sccc1CC. The standard InChI is InChI=1S/C14H25NS/c1-3-5-6-7-8-10-15-12-14-13(4-2)9-11-16-14/h9,11,15H,3-8,10,12H2,1-2H3. The summed E-state index contributed by atoms with van der Waals surface area (Å²) in [5, 5.41) is 5.76. The van der Waals surface area contributed by atoms with E-state index in [0.29, 0.717) is 0 Å². The molecule has 16 heavy (non-hydrogen) atoms. The molecule has 0 atom stereocenters. The number of aryl methyl sites for hydroxylation is 1. The molecule has 0 fully saturated rings. The van der Waals surface area contributed by atoms with Gasteiger partial charge in [-0.25, -0.2) is 0 Å². The fraction of sp³-hybridized carbons (Fsp3) is 0.714. The number of hydrogen-bond donors (Lipinski definition) is 1. The molecular formula is C14H25NS. The fourth-order valence-corrected chi connectivity index (χ4v) is 2.84. The van der Waals surface area contributed by atoms with Gasteiger partial charge in [0.15, 0.2) is 0 Å². The third-order valence-corrected chi connectivity index (χ3v) is 3.92. The van der Waals surface area contributed by atoms with Crippen LogP contribution in [0.2, 0.25) is 0 Å². The van der Waals surface area contributed by atoms with Crippen LogP contribution >= 0.6 is 11.3 Å². The molecule has 1 heterocycles. The Kier molecular flexibility index (Phi) is 7.52. The lowest BCUT2D eigenvalue weighted by Crippen LogP contribution is -2.14. The summed E-state index contributed by atoms with van der Waals surface area (Å²) in [5.41, 5.74) is 1.52. The predicted molar refractivity (Wildman–Crippen MR) is 74.2 cm³/mol. The van der Waals surface area contributed by atoms with Crippen molar-refractivity contribution in [1.29, 1.82) is 0 Å². The first-order valence-corrected chi connectivity index (χ1v) is 7.52. The third kappa shape index (κ3) is 5.13. The Bertz CT molecular complexity index is 267. The Morgan fingerprint density at radius 1 is 1.12 bits per heavy atom. The molecule has 0 aliphatic carbocycles. The average molecular weight is 239 g/mol. The first-order chi connectivity index (χ1) is 7.88. The van der Waals surface area contributed by atoms with Gasteiger partial charge in [0.05, 0.1) is 0 Å². The molecule has 0 radical (unpaired) electrons. The molecule has 0 aliphatic rings. The van der Waals surface area contributed by atoms with E-state index in [9.17, 15) is 0 Å². The minimum Gasteiger partial charge on any atom is -0.312 e. The van der Waals surface area contributed by atoms with Crippen LogP contribution in [0.15, 0.2) is 11.4 Å². The monoisotopic (exact) mass is 239 g/mol. The maximum Gasteiger partial charge on any atom is 0.0302 e. The number of hydrogen-bond acceptors (Lipinski definition) is 2. The van der Waals surface area contributed by atoms with Crippen molar-refractivity contribution in [3.63, 3.8) is 0 Å². The Labute approximate surface area is 104 Å². The van der Waals surface area contributed by atoms with E-state index in [1.165, 1.54) is 49.1 Å². The largest absolute Gasteiger partial charge is 0.312 e. The number of nitrogens with one attached hydrogen (secondary N) is 1. The van der Waals surface area contributed by atoms with Gasteiger partial charge in [-0.2, -0.15) is 0 Å². The molecule has 0 aliphatic heterocycles. The maximum atomic E-state index is 3.55. The fourth-order valence-electron chi connectivity index (χ4n) is 1.89. The highest BCUT2D eigenvalue weighted by atomic mass is 32.1. The molecule has 1 aromatic rings. The van der Waals surface area contributed by atoms with Crippen molar-refractivity contribution in [1.82, 2.24) is 5.32 Å². The Balaban J connectivity index is 2.03. The molecule has 2 heteroatoms. The molecule has 0 unspecified atom stereocenters. The zero-order valence-corrected chi connectivity index (χ0v) is 11.5. The maximum absolute atomic E-state index is 3.55. The summed E-state index contributed by atoms with van der Waals surface area (Å²) in [7, 11) is 0. The van der Waals surface area contributed by atoms with Gasteiger partial charge in [-0.3, -0.25) is 0 Å². The summed E-state index contributed by atoms with van der Waals surface area (Å²) in [6, 6.07) is 2.25. The van der Waals surface area contributed by atoms with E-state index in [1.807, 2.05) is 11.3 Å². The van der Waals surface area contributed by atoms with E-state index in [-0.39, 0.29) is 0 Å². The van der Waals surface area contributed by atoms with E-state index >= 15 is 0 Å². The summed E-state index contributed by atoms with van der Waals surface area (Å²) in [6.07, 6.45) is 8.00. The van der Waals surface area contributed by atoms with Crippen molar-refractivity contribution in [2.75, 3.05) is 6.54 Å². The zero-order chi connectivity index (χ0) is 11.6. The van der Waals surface area contributed by atoms with Gasteiger partial charge < -0.3 is 5.32 Å². The van der Waals surface area contributed by atoms with Gasteiger partial charge in [0.2, 0.25) is 0 Å². The second-order valence-corrected chi connectivity index (χ2v) is 5.31. The third-order valence-electron chi connectivity index (χ3n) is 2.96. The molecule has 1 aromatic heterocycles. The molecule has 0 aromatic carbocycles. The topological polar surface area (TPSA) is 12.0 Å². The smallest absolute Gasteiger partial charge is 0.0302 e. The van der Waals surface area contributed by atoms with Gasteiger partial charge in [0, 0.05) is 11.4 Å². The van der Waals surface area contributed by atoms with Crippen molar-refractivity contribution >= 4 is 11.3 Å². The van der Waals surface area contributed by atoms with Crippen molar-refractivity contribution in [2.45, 2.75) is 58.9 Å². The second-order valence-electron chi connectivity index (χ2n) is 4.31. The van der Waals surface area contributed by atoms with Gasteiger partial charge in [0.25, 0.3) is 0 Å². The first kappa shape index (κ1) is 13.7. The molecule has 1 nitrogen and oxygen atoms in total. The van der Waals surface area contributed by atoms with Crippen LogP contribution in [0.4, 0.5) is 0 Å². The van der Waals surface area contributed by atoms with Gasteiger partial charge in [0.1, 0.15) is 0 Å². The van der Waals surface area contributed by atoms with Crippen molar-refractivity contribution in [2.24, 2.45) is 0 Å². The Hall–Kier alpha value is -0.340. The summed E-state index contributed by atoms with van der Waals surface area (Å²) < 4.78 is 0. The summed E-state index contributed by atoms with van der Waals surface area (Å²) in [6.45, 7) is 6.73. The minimum absolute atomic E-state index is 1.06. The summed E-state index contributed by atoms with van der Waals surface area (Å²) in [5.74, 6) is 0. The van der Waals surface area contributed by atoms with E-state index in [2.05, 4.69) is 30.6 Å². The normalized spacial score (nSPS) is 10.9. The van der Waals surface area contributed by atoms with Gasteiger partial charge in [-0.15, -0.1) is 11.3 Å². The van der Waals surface area contributed by atoms with Crippen LogP contribution in [-0.2, 0) is 13.0 Å².